The first kappa shape index (κ1) is 16.2. The number of methoxy groups -OCH3 is 1. The highest BCUT2D eigenvalue weighted by Gasteiger charge is 2.11. The molecular weight excluding hydrogens is 324 g/mol. The maximum absolute atomic E-state index is 12.4. The second-order valence-corrected chi connectivity index (χ2v) is 6.22. The largest absolute Gasteiger partial charge is 0.497 e. The standard InChI is InChI=1S/C22H19N2O2/c1-26-18-9-8-16-7-6-15(12-17(16)13-18)10-11-23-22(25)20-14-24-21-5-3-2-4-19(20)21/h2-9,12-13,24H,10-11H2,1H3,(H,23,25). The Labute approximate surface area is 151 Å². The van der Waals surface area contributed by atoms with Gasteiger partial charge in [-0.3, -0.25) is 4.79 Å². The van der Waals surface area contributed by atoms with Crippen LogP contribution in [0.3, 0.4) is 0 Å². The zero-order valence-electron chi connectivity index (χ0n) is 14.5. The third-order valence-electron chi connectivity index (χ3n) is 4.56. The van der Waals surface area contributed by atoms with Gasteiger partial charge in [-0.25, -0.2) is 0 Å². The number of rotatable bonds is 5. The maximum atomic E-state index is 12.4. The van der Waals surface area contributed by atoms with Gasteiger partial charge in [-0.1, -0.05) is 42.5 Å². The number of fused-ring (bicyclic) bond motifs is 2. The number of para-hydroxylation sites is 1. The lowest BCUT2D eigenvalue weighted by atomic mass is 10.0. The van der Waals surface area contributed by atoms with Gasteiger partial charge < -0.3 is 15.0 Å². The van der Waals surface area contributed by atoms with Gasteiger partial charge >= 0.3 is 0 Å². The molecule has 4 rings (SSSR count). The normalized spacial score (nSPS) is 11.0. The Morgan fingerprint density at radius 1 is 1.08 bits per heavy atom. The molecule has 1 heterocycles. The molecule has 0 aliphatic heterocycles. The number of hydrogen-bond acceptors (Lipinski definition) is 2. The van der Waals surface area contributed by atoms with Gasteiger partial charge in [0.1, 0.15) is 5.75 Å². The van der Waals surface area contributed by atoms with E-state index < -0.39 is 0 Å². The molecule has 0 fully saturated rings. The predicted octanol–water partition coefficient (Wildman–Crippen LogP) is 4.10. The van der Waals surface area contributed by atoms with Gasteiger partial charge in [0, 0.05) is 17.4 Å². The van der Waals surface area contributed by atoms with Crippen LogP contribution >= 0.6 is 0 Å². The van der Waals surface area contributed by atoms with Gasteiger partial charge in [0.2, 0.25) is 0 Å². The number of H-pyrrole nitrogens is 1. The van der Waals surface area contributed by atoms with Crippen LogP contribution in [-0.2, 0) is 6.42 Å². The van der Waals surface area contributed by atoms with Gasteiger partial charge in [0.15, 0.2) is 0 Å². The summed E-state index contributed by atoms with van der Waals surface area (Å²) in [5.41, 5.74) is 2.65. The Morgan fingerprint density at radius 2 is 1.92 bits per heavy atom. The lowest BCUT2D eigenvalue weighted by Gasteiger charge is -2.07. The molecule has 129 valence electrons. The summed E-state index contributed by atoms with van der Waals surface area (Å²) in [6, 6.07) is 20.1. The van der Waals surface area contributed by atoms with Gasteiger partial charge in [-0.05, 0) is 41.0 Å². The van der Waals surface area contributed by atoms with E-state index in [2.05, 4.69) is 34.7 Å². The summed E-state index contributed by atoms with van der Waals surface area (Å²) >= 11 is 0. The van der Waals surface area contributed by atoms with Crippen molar-refractivity contribution < 1.29 is 9.53 Å². The molecule has 4 nitrogen and oxygen atoms in total. The van der Waals surface area contributed by atoms with E-state index in [9.17, 15) is 4.79 Å². The number of carbonyl (C=O) groups excluding carboxylic acids is 1. The maximum Gasteiger partial charge on any atom is 0.254 e. The molecule has 1 radical (unpaired) electrons. The quantitative estimate of drug-likeness (QED) is 0.573. The first-order valence-corrected chi connectivity index (χ1v) is 8.58. The van der Waals surface area contributed by atoms with E-state index in [1.807, 2.05) is 42.5 Å². The van der Waals surface area contributed by atoms with E-state index in [1.54, 1.807) is 7.11 Å². The summed E-state index contributed by atoms with van der Waals surface area (Å²) in [6.07, 6.45) is 3.71. The number of aromatic nitrogens is 1. The van der Waals surface area contributed by atoms with Crippen molar-refractivity contribution in [3.05, 3.63) is 78.0 Å². The van der Waals surface area contributed by atoms with E-state index in [0.29, 0.717) is 12.1 Å². The molecule has 4 heteroatoms. The lowest BCUT2D eigenvalue weighted by Crippen LogP contribution is -2.25. The summed E-state index contributed by atoms with van der Waals surface area (Å²) in [6.45, 7) is 0.571. The van der Waals surface area contributed by atoms with Crippen LogP contribution in [0.1, 0.15) is 15.9 Å². The Balaban J connectivity index is 1.44. The van der Waals surface area contributed by atoms with Crippen LogP contribution in [0.15, 0.2) is 60.7 Å². The molecule has 2 N–H and O–H groups in total. The predicted molar refractivity (Wildman–Crippen MR) is 104 cm³/mol. The molecule has 1 amide bonds. The molecule has 3 aromatic carbocycles. The highest BCUT2D eigenvalue weighted by Crippen LogP contribution is 2.22. The number of aromatic amines is 1. The van der Waals surface area contributed by atoms with Crippen LogP contribution < -0.4 is 10.1 Å². The fourth-order valence-electron chi connectivity index (χ4n) is 3.15. The second kappa shape index (κ2) is 6.92. The lowest BCUT2D eigenvalue weighted by molar-refractivity contribution is 0.0955. The highest BCUT2D eigenvalue weighted by molar-refractivity contribution is 6.06. The molecule has 26 heavy (non-hydrogen) atoms. The molecule has 0 atom stereocenters. The average molecular weight is 343 g/mol. The number of nitrogens with one attached hydrogen (secondary N) is 2. The van der Waals surface area contributed by atoms with Crippen molar-refractivity contribution in [2.75, 3.05) is 13.7 Å². The fourth-order valence-corrected chi connectivity index (χ4v) is 3.15. The summed E-state index contributed by atoms with van der Waals surface area (Å²) in [7, 11) is 1.67. The van der Waals surface area contributed by atoms with Crippen molar-refractivity contribution in [1.82, 2.24) is 10.3 Å². The Hall–Kier alpha value is -3.27. The molecule has 0 aliphatic carbocycles. The summed E-state index contributed by atoms with van der Waals surface area (Å²) in [4.78, 5) is 15.4. The Bertz CT molecular complexity index is 1080. The third-order valence-corrected chi connectivity index (χ3v) is 4.56. The summed E-state index contributed by atoms with van der Waals surface area (Å²) < 4.78 is 5.29. The van der Waals surface area contributed by atoms with Crippen LogP contribution in [-0.4, -0.2) is 24.5 Å². The molecule has 0 aliphatic rings. The van der Waals surface area contributed by atoms with Crippen molar-refractivity contribution >= 4 is 27.6 Å². The van der Waals surface area contributed by atoms with Gasteiger partial charge in [-0.2, -0.15) is 0 Å². The van der Waals surface area contributed by atoms with E-state index in [0.717, 1.165) is 28.5 Å². The van der Waals surface area contributed by atoms with E-state index in [1.165, 1.54) is 10.9 Å². The number of amides is 1. The van der Waals surface area contributed by atoms with E-state index in [4.69, 9.17) is 4.74 Å². The first-order chi connectivity index (χ1) is 12.7. The Morgan fingerprint density at radius 3 is 2.81 bits per heavy atom. The molecular formula is C22H19N2O2. The molecule has 1 aromatic heterocycles. The van der Waals surface area contributed by atoms with Crippen LogP contribution in [0.2, 0.25) is 0 Å². The number of hydrogen-bond donors (Lipinski definition) is 2. The smallest absolute Gasteiger partial charge is 0.254 e. The second-order valence-electron chi connectivity index (χ2n) is 6.22. The fraction of sp³-hybridized carbons (Fsp3) is 0.136. The van der Waals surface area contributed by atoms with Gasteiger partial charge in [0.25, 0.3) is 5.91 Å². The number of benzene rings is 3. The average Bonchev–Trinajstić information content (AvgIpc) is 3.11. The van der Waals surface area contributed by atoms with Gasteiger partial charge in [-0.15, -0.1) is 0 Å². The zero-order valence-corrected chi connectivity index (χ0v) is 14.5. The zero-order chi connectivity index (χ0) is 17.9. The Kier molecular flexibility index (Phi) is 4.32. The molecule has 0 saturated carbocycles. The van der Waals surface area contributed by atoms with Crippen LogP contribution in [0.5, 0.6) is 5.75 Å². The first-order valence-electron chi connectivity index (χ1n) is 8.58. The summed E-state index contributed by atoms with van der Waals surface area (Å²) in [5, 5.41) is 6.18. The summed E-state index contributed by atoms with van der Waals surface area (Å²) in [5.74, 6) is 0.739. The minimum Gasteiger partial charge on any atom is -0.497 e. The monoisotopic (exact) mass is 343 g/mol. The van der Waals surface area contributed by atoms with Crippen molar-refractivity contribution in [3.63, 3.8) is 0 Å². The number of carbonyl (C=O) groups is 1. The van der Waals surface area contributed by atoms with E-state index in [-0.39, 0.29) is 5.91 Å². The molecule has 0 bridgehead atoms. The van der Waals surface area contributed by atoms with Crippen molar-refractivity contribution in [3.8, 4) is 5.75 Å². The van der Waals surface area contributed by atoms with Crippen LogP contribution in [0.25, 0.3) is 21.7 Å². The third kappa shape index (κ3) is 3.14. The highest BCUT2D eigenvalue weighted by atomic mass is 16.5. The van der Waals surface area contributed by atoms with E-state index >= 15 is 0 Å². The molecule has 0 unspecified atom stereocenters. The van der Waals surface area contributed by atoms with Gasteiger partial charge in [0.05, 0.1) is 18.9 Å². The SMILES string of the molecule is COc1ccc2ccc(CCNC(=O)c3[c][nH]c4ccccc34)cc2c1. The minimum absolute atomic E-state index is 0.107. The van der Waals surface area contributed by atoms with Crippen molar-refractivity contribution in [2.24, 2.45) is 0 Å². The molecule has 0 saturated heterocycles. The van der Waals surface area contributed by atoms with Crippen LogP contribution in [0, 0.1) is 6.20 Å². The number of ether oxygens (including phenoxy) is 1. The van der Waals surface area contributed by atoms with Crippen molar-refractivity contribution in [1.29, 1.82) is 0 Å². The van der Waals surface area contributed by atoms with Crippen molar-refractivity contribution in [2.45, 2.75) is 6.42 Å². The minimum atomic E-state index is -0.107. The molecule has 0 spiro atoms. The topological polar surface area (TPSA) is 54.1 Å². The van der Waals surface area contributed by atoms with Crippen LogP contribution in [0.4, 0.5) is 0 Å². The molecule has 4 aromatic rings.